The van der Waals surface area contributed by atoms with Gasteiger partial charge in [-0.3, -0.25) is 14.7 Å². The fraction of sp³-hybridized carbons (Fsp3) is 0.368. The van der Waals surface area contributed by atoms with Gasteiger partial charge in [0.05, 0.1) is 11.3 Å². The molecule has 1 aliphatic rings. The van der Waals surface area contributed by atoms with Gasteiger partial charge >= 0.3 is 6.18 Å². The predicted molar refractivity (Wildman–Crippen MR) is 91.4 cm³/mol. The minimum absolute atomic E-state index is 0.0257. The largest absolute Gasteiger partial charge is 0.416 e. The van der Waals surface area contributed by atoms with Crippen molar-refractivity contribution >= 4 is 5.91 Å². The van der Waals surface area contributed by atoms with Crippen LogP contribution in [-0.4, -0.2) is 34.9 Å². The fourth-order valence-corrected chi connectivity index (χ4v) is 3.12. The minimum Gasteiger partial charge on any atom is -0.348 e. The predicted octanol–water partition coefficient (Wildman–Crippen LogP) is 3.49. The van der Waals surface area contributed by atoms with Gasteiger partial charge in [0.25, 0.3) is 5.91 Å². The summed E-state index contributed by atoms with van der Waals surface area (Å²) in [6, 6.07) is 10.0. The van der Waals surface area contributed by atoms with E-state index in [-0.39, 0.29) is 17.5 Å². The minimum atomic E-state index is -4.40. The van der Waals surface area contributed by atoms with Gasteiger partial charge in [-0.25, -0.2) is 0 Å². The van der Waals surface area contributed by atoms with Crippen LogP contribution in [0.25, 0.3) is 0 Å². The Morgan fingerprint density at radius 3 is 2.62 bits per heavy atom. The van der Waals surface area contributed by atoms with Gasteiger partial charge < -0.3 is 5.32 Å². The van der Waals surface area contributed by atoms with Crippen LogP contribution in [0.15, 0.2) is 48.7 Å². The van der Waals surface area contributed by atoms with Crippen LogP contribution in [0.4, 0.5) is 13.2 Å². The summed E-state index contributed by atoms with van der Waals surface area (Å²) in [4.78, 5) is 18.9. The zero-order chi connectivity index (χ0) is 18.6. The molecule has 1 unspecified atom stereocenters. The monoisotopic (exact) mass is 363 g/mol. The van der Waals surface area contributed by atoms with E-state index >= 15 is 0 Å². The molecule has 138 valence electrons. The fourth-order valence-electron chi connectivity index (χ4n) is 3.12. The molecular formula is C19H20F3N3O. The summed E-state index contributed by atoms with van der Waals surface area (Å²) in [5.41, 5.74) is 0.454. The Balaban J connectivity index is 1.57. The molecule has 1 aromatic heterocycles. The lowest BCUT2D eigenvalue weighted by Gasteiger charge is -2.32. The van der Waals surface area contributed by atoms with Gasteiger partial charge in [0.2, 0.25) is 0 Å². The summed E-state index contributed by atoms with van der Waals surface area (Å²) < 4.78 is 37.8. The highest BCUT2D eigenvalue weighted by atomic mass is 19.4. The molecule has 1 atom stereocenters. The molecule has 1 N–H and O–H groups in total. The summed E-state index contributed by atoms with van der Waals surface area (Å²) in [6.45, 7) is 2.35. The molecule has 7 heteroatoms. The van der Waals surface area contributed by atoms with Crippen LogP contribution in [-0.2, 0) is 12.7 Å². The van der Waals surface area contributed by atoms with Crippen molar-refractivity contribution in [2.24, 2.45) is 0 Å². The van der Waals surface area contributed by atoms with Crippen molar-refractivity contribution in [1.29, 1.82) is 0 Å². The molecule has 0 saturated carbocycles. The maximum atomic E-state index is 12.6. The molecule has 0 spiro atoms. The van der Waals surface area contributed by atoms with E-state index in [4.69, 9.17) is 0 Å². The van der Waals surface area contributed by atoms with Gasteiger partial charge in [-0.2, -0.15) is 13.2 Å². The highest BCUT2D eigenvalue weighted by molar-refractivity contribution is 5.94. The molecule has 1 aliphatic heterocycles. The maximum Gasteiger partial charge on any atom is 0.416 e. The first-order chi connectivity index (χ1) is 12.4. The van der Waals surface area contributed by atoms with Gasteiger partial charge in [0, 0.05) is 30.9 Å². The number of nitrogens with one attached hydrogen (secondary N) is 1. The molecule has 2 heterocycles. The van der Waals surface area contributed by atoms with E-state index in [1.54, 1.807) is 6.20 Å². The SMILES string of the molecule is O=C(NC1CCCN(Cc2ccccn2)C1)c1ccc(C(F)(F)F)cc1. The molecule has 3 rings (SSSR count). The van der Waals surface area contributed by atoms with Crippen LogP contribution in [0.2, 0.25) is 0 Å². The third-order valence-corrected chi connectivity index (χ3v) is 4.43. The molecular weight excluding hydrogens is 343 g/mol. The van der Waals surface area contributed by atoms with E-state index < -0.39 is 11.7 Å². The summed E-state index contributed by atoms with van der Waals surface area (Å²) in [7, 11) is 0. The average molecular weight is 363 g/mol. The third-order valence-electron chi connectivity index (χ3n) is 4.43. The Morgan fingerprint density at radius 2 is 1.96 bits per heavy atom. The summed E-state index contributed by atoms with van der Waals surface area (Å²) in [5.74, 6) is -0.344. The number of carbonyl (C=O) groups excluding carboxylic acids is 1. The topological polar surface area (TPSA) is 45.2 Å². The number of nitrogens with zero attached hydrogens (tertiary/aromatic N) is 2. The van der Waals surface area contributed by atoms with Crippen LogP contribution in [0, 0.1) is 0 Å². The zero-order valence-electron chi connectivity index (χ0n) is 14.2. The van der Waals surface area contributed by atoms with E-state index in [2.05, 4.69) is 15.2 Å². The number of halogens is 3. The molecule has 1 saturated heterocycles. The van der Waals surface area contributed by atoms with Gasteiger partial charge in [-0.1, -0.05) is 6.07 Å². The number of hydrogen-bond acceptors (Lipinski definition) is 3. The second-order valence-electron chi connectivity index (χ2n) is 6.44. The van der Waals surface area contributed by atoms with Crippen LogP contribution in [0.1, 0.15) is 34.5 Å². The average Bonchev–Trinajstić information content (AvgIpc) is 2.62. The summed E-state index contributed by atoms with van der Waals surface area (Å²) in [5, 5.41) is 2.93. The quantitative estimate of drug-likeness (QED) is 0.904. The lowest BCUT2D eigenvalue weighted by molar-refractivity contribution is -0.137. The number of pyridine rings is 1. The number of amides is 1. The first-order valence-corrected chi connectivity index (χ1v) is 8.52. The highest BCUT2D eigenvalue weighted by Crippen LogP contribution is 2.29. The Labute approximate surface area is 150 Å². The second-order valence-corrected chi connectivity index (χ2v) is 6.44. The van der Waals surface area contributed by atoms with E-state index in [0.717, 1.165) is 37.2 Å². The molecule has 0 aliphatic carbocycles. The normalized spacial score (nSPS) is 18.5. The van der Waals surface area contributed by atoms with Crippen molar-refractivity contribution in [3.05, 3.63) is 65.5 Å². The first kappa shape index (κ1) is 18.4. The van der Waals surface area contributed by atoms with Crippen molar-refractivity contribution < 1.29 is 18.0 Å². The number of alkyl halides is 3. The number of likely N-dealkylation sites (tertiary alicyclic amines) is 1. The van der Waals surface area contributed by atoms with Crippen LogP contribution in [0.3, 0.4) is 0 Å². The van der Waals surface area contributed by atoms with Gasteiger partial charge in [-0.15, -0.1) is 0 Å². The summed E-state index contributed by atoms with van der Waals surface area (Å²) >= 11 is 0. The third kappa shape index (κ3) is 4.82. The van der Waals surface area contributed by atoms with Crippen molar-refractivity contribution in [2.75, 3.05) is 13.1 Å². The Morgan fingerprint density at radius 1 is 1.19 bits per heavy atom. The standard InChI is InChI=1S/C19H20F3N3O/c20-19(21,22)15-8-6-14(7-9-15)18(26)24-17-5-3-11-25(13-17)12-16-4-1-2-10-23-16/h1-2,4,6-10,17H,3,5,11-13H2,(H,24,26). The number of rotatable bonds is 4. The van der Waals surface area contributed by atoms with E-state index in [0.29, 0.717) is 13.1 Å². The molecule has 0 bridgehead atoms. The van der Waals surface area contributed by atoms with E-state index in [1.807, 2.05) is 18.2 Å². The first-order valence-electron chi connectivity index (χ1n) is 8.52. The van der Waals surface area contributed by atoms with Gasteiger partial charge in [0.1, 0.15) is 0 Å². The molecule has 2 aromatic rings. The van der Waals surface area contributed by atoms with Crippen LogP contribution >= 0.6 is 0 Å². The second kappa shape index (κ2) is 7.86. The molecule has 4 nitrogen and oxygen atoms in total. The van der Waals surface area contributed by atoms with Crippen molar-refractivity contribution in [1.82, 2.24) is 15.2 Å². The molecule has 1 fully saturated rings. The van der Waals surface area contributed by atoms with E-state index in [9.17, 15) is 18.0 Å². The zero-order valence-corrected chi connectivity index (χ0v) is 14.2. The number of carbonyl (C=O) groups is 1. The highest BCUT2D eigenvalue weighted by Gasteiger charge is 2.30. The van der Waals surface area contributed by atoms with Crippen molar-refractivity contribution in [2.45, 2.75) is 31.6 Å². The van der Waals surface area contributed by atoms with Crippen molar-refractivity contribution in [3.63, 3.8) is 0 Å². The molecule has 26 heavy (non-hydrogen) atoms. The lowest BCUT2D eigenvalue weighted by Crippen LogP contribution is -2.47. The van der Waals surface area contributed by atoms with Crippen molar-refractivity contribution in [3.8, 4) is 0 Å². The Hall–Kier alpha value is -2.41. The Bertz CT molecular complexity index is 732. The molecule has 1 amide bonds. The number of aromatic nitrogens is 1. The van der Waals surface area contributed by atoms with Crippen LogP contribution in [0.5, 0.6) is 0 Å². The van der Waals surface area contributed by atoms with Gasteiger partial charge in [0.15, 0.2) is 0 Å². The van der Waals surface area contributed by atoms with Crippen LogP contribution < -0.4 is 5.32 Å². The lowest BCUT2D eigenvalue weighted by atomic mass is 10.0. The number of hydrogen-bond donors (Lipinski definition) is 1. The maximum absolute atomic E-state index is 12.6. The molecule has 1 aromatic carbocycles. The summed E-state index contributed by atoms with van der Waals surface area (Å²) in [6.07, 6.45) is -0.844. The van der Waals surface area contributed by atoms with Gasteiger partial charge in [-0.05, 0) is 55.8 Å². The Kier molecular flexibility index (Phi) is 5.56. The van der Waals surface area contributed by atoms with E-state index in [1.165, 1.54) is 12.1 Å². The number of benzene rings is 1. The number of piperidine rings is 1. The smallest absolute Gasteiger partial charge is 0.348 e. The molecule has 0 radical (unpaired) electrons.